The molecule has 1 aromatic carbocycles. The third-order valence-corrected chi connectivity index (χ3v) is 3.91. The highest BCUT2D eigenvalue weighted by atomic mass is 16.4. The molecular formula is C17H12O9. The number of aliphatic carboxylic acids is 2. The Morgan fingerprint density at radius 2 is 1.42 bits per heavy atom. The number of carboxylic acid groups (broad SMARTS) is 4. The normalized spacial score (nSPS) is 15.0. The summed E-state index contributed by atoms with van der Waals surface area (Å²) in [7, 11) is 0. The van der Waals surface area contributed by atoms with Crippen LogP contribution in [-0.2, 0) is 9.59 Å². The van der Waals surface area contributed by atoms with Gasteiger partial charge in [-0.1, -0.05) is 18.2 Å². The van der Waals surface area contributed by atoms with Crippen LogP contribution in [0.2, 0.25) is 0 Å². The van der Waals surface area contributed by atoms with E-state index < -0.39 is 46.2 Å². The fourth-order valence-electron chi connectivity index (χ4n) is 2.49. The van der Waals surface area contributed by atoms with E-state index in [4.69, 9.17) is 10.2 Å². The lowest BCUT2D eigenvalue weighted by Crippen LogP contribution is -2.38. The van der Waals surface area contributed by atoms with Gasteiger partial charge < -0.3 is 20.4 Å². The first-order chi connectivity index (χ1) is 12.1. The second-order valence-electron chi connectivity index (χ2n) is 5.49. The van der Waals surface area contributed by atoms with Gasteiger partial charge in [0.1, 0.15) is 0 Å². The van der Waals surface area contributed by atoms with Crippen molar-refractivity contribution in [2.75, 3.05) is 0 Å². The van der Waals surface area contributed by atoms with Crippen molar-refractivity contribution in [2.24, 2.45) is 5.41 Å². The Kier molecular flexibility index (Phi) is 4.74. The lowest BCUT2D eigenvalue weighted by atomic mass is 9.78. The van der Waals surface area contributed by atoms with Gasteiger partial charge in [-0.25, -0.2) is 9.59 Å². The Labute approximate surface area is 145 Å². The van der Waals surface area contributed by atoms with E-state index in [0.717, 1.165) is 24.3 Å². The van der Waals surface area contributed by atoms with Gasteiger partial charge in [0, 0.05) is 11.1 Å². The van der Waals surface area contributed by atoms with Gasteiger partial charge in [-0.2, -0.15) is 0 Å². The van der Waals surface area contributed by atoms with Gasteiger partial charge in [-0.05, 0) is 24.6 Å². The number of rotatable bonds is 6. The average molecular weight is 360 g/mol. The number of benzene rings is 1. The van der Waals surface area contributed by atoms with E-state index in [2.05, 4.69) is 0 Å². The van der Waals surface area contributed by atoms with Gasteiger partial charge in [0.15, 0.2) is 11.2 Å². The molecule has 26 heavy (non-hydrogen) atoms. The molecule has 0 atom stereocenters. The second kappa shape index (κ2) is 6.63. The maximum atomic E-state index is 12.5. The summed E-state index contributed by atoms with van der Waals surface area (Å²) >= 11 is 0. The van der Waals surface area contributed by atoms with Gasteiger partial charge in [-0.15, -0.1) is 0 Å². The van der Waals surface area contributed by atoms with Crippen molar-refractivity contribution >= 4 is 29.7 Å². The summed E-state index contributed by atoms with van der Waals surface area (Å²) in [4.78, 5) is 57.5. The topological polar surface area (TPSA) is 166 Å². The van der Waals surface area contributed by atoms with Crippen LogP contribution in [0.1, 0.15) is 37.5 Å². The second-order valence-corrected chi connectivity index (χ2v) is 5.49. The zero-order valence-corrected chi connectivity index (χ0v) is 13.0. The number of Topliss-reactive ketones (excluding diaryl/α,β-unsaturated/α-hetero) is 1. The summed E-state index contributed by atoms with van der Waals surface area (Å²) in [6.07, 6.45) is 2.90. The van der Waals surface area contributed by atoms with Gasteiger partial charge in [0.2, 0.25) is 0 Å². The van der Waals surface area contributed by atoms with Gasteiger partial charge in [0.05, 0.1) is 11.1 Å². The first-order valence-corrected chi connectivity index (χ1v) is 7.11. The summed E-state index contributed by atoms with van der Waals surface area (Å²) in [5.41, 5.74) is -3.91. The average Bonchev–Trinajstić information content (AvgIpc) is 2.60. The third-order valence-electron chi connectivity index (χ3n) is 3.91. The van der Waals surface area contributed by atoms with Crippen LogP contribution in [0, 0.1) is 5.41 Å². The van der Waals surface area contributed by atoms with E-state index in [0.29, 0.717) is 0 Å². The molecule has 0 saturated heterocycles. The molecule has 2 rings (SSSR count). The first-order valence-electron chi connectivity index (χ1n) is 7.11. The molecule has 1 aliphatic carbocycles. The summed E-state index contributed by atoms with van der Waals surface area (Å²) in [5.74, 6) is -7.17. The largest absolute Gasteiger partial charge is 0.480 e. The molecule has 0 amide bonds. The Hall–Kier alpha value is -3.75. The number of ketones is 1. The molecule has 0 aliphatic heterocycles. The van der Waals surface area contributed by atoms with Crippen LogP contribution in [0.4, 0.5) is 0 Å². The molecule has 0 unspecified atom stereocenters. The molecule has 1 aromatic rings. The summed E-state index contributed by atoms with van der Waals surface area (Å²) in [6, 6.07) is 2.86. The van der Waals surface area contributed by atoms with E-state index in [1.54, 1.807) is 0 Å². The number of hydrogen-bond acceptors (Lipinski definition) is 5. The predicted molar refractivity (Wildman–Crippen MR) is 84.2 cm³/mol. The van der Waals surface area contributed by atoms with Gasteiger partial charge in [0.25, 0.3) is 0 Å². The van der Waals surface area contributed by atoms with E-state index in [-0.39, 0.29) is 17.6 Å². The molecule has 0 saturated carbocycles. The molecule has 0 aromatic heterocycles. The van der Waals surface area contributed by atoms with Gasteiger partial charge >= 0.3 is 23.9 Å². The van der Waals surface area contributed by atoms with Crippen LogP contribution in [0.3, 0.4) is 0 Å². The van der Waals surface area contributed by atoms with E-state index in [1.807, 2.05) is 0 Å². The molecule has 9 nitrogen and oxygen atoms in total. The number of carbonyl (C=O) groups is 5. The van der Waals surface area contributed by atoms with Crippen molar-refractivity contribution in [3.63, 3.8) is 0 Å². The first kappa shape index (κ1) is 18.6. The minimum Gasteiger partial charge on any atom is -0.480 e. The van der Waals surface area contributed by atoms with Crippen molar-refractivity contribution in [2.45, 2.75) is 6.42 Å². The molecule has 0 heterocycles. The molecule has 0 bridgehead atoms. The smallest absolute Gasteiger partial charge is 0.336 e. The number of aromatic carboxylic acids is 2. The third kappa shape index (κ3) is 3.09. The molecule has 0 fully saturated rings. The van der Waals surface area contributed by atoms with Crippen molar-refractivity contribution < 1.29 is 44.4 Å². The van der Waals surface area contributed by atoms with Crippen molar-refractivity contribution in [1.29, 1.82) is 0 Å². The predicted octanol–water partition coefficient (Wildman–Crippen LogP) is 1.31. The minimum absolute atomic E-state index is 0.213. The Balaban J connectivity index is 2.54. The lowest BCUT2D eigenvalue weighted by Gasteiger charge is -2.23. The SMILES string of the molecule is O=C(C1=CC(C(=O)O)(C(=O)O)CC=C1)c1ccc(C(=O)O)c(C(=O)O)c1. The Bertz CT molecular complexity index is 891. The number of carbonyl (C=O) groups excluding carboxylic acids is 1. The molecule has 0 spiro atoms. The Morgan fingerprint density at radius 1 is 0.846 bits per heavy atom. The number of allylic oxidation sites excluding steroid dienone is 3. The van der Waals surface area contributed by atoms with Crippen LogP contribution < -0.4 is 0 Å². The van der Waals surface area contributed by atoms with Crippen molar-refractivity contribution in [3.8, 4) is 0 Å². The van der Waals surface area contributed by atoms with E-state index >= 15 is 0 Å². The van der Waals surface area contributed by atoms with Crippen molar-refractivity contribution in [3.05, 3.63) is 58.7 Å². The summed E-state index contributed by atoms with van der Waals surface area (Å²) in [5, 5.41) is 36.5. The van der Waals surface area contributed by atoms with E-state index in [9.17, 15) is 34.2 Å². The van der Waals surface area contributed by atoms with Crippen LogP contribution >= 0.6 is 0 Å². The maximum Gasteiger partial charge on any atom is 0.336 e. The molecule has 134 valence electrons. The molecule has 9 heteroatoms. The van der Waals surface area contributed by atoms with Crippen LogP contribution in [0.5, 0.6) is 0 Å². The fourth-order valence-corrected chi connectivity index (χ4v) is 2.49. The fraction of sp³-hybridized carbons (Fsp3) is 0.118. The maximum absolute atomic E-state index is 12.5. The van der Waals surface area contributed by atoms with Crippen LogP contribution in [0.25, 0.3) is 0 Å². The summed E-state index contributed by atoms with van der Waals surface area (Å²) < 4.78 is 0. The Morgan fingerprint density at radius 3 is 1.92 bits per heavy atom. The highest BCUT2D eigenvalue weighted by Gasteiger charge is 2.45. The molecule has 0 radical (unpaired) electrons. The number of hydrogen-bond donors (Lipinski definition) is 4. The molecule has 1 aliphatic rings. The van der Waals surface area contributed by atoms with Crippen molar-refractivity contribution in [1.82, 2.24) is 0 Å². The molecule has 4 N–H and O–H groups in total. The standard InChI is InChI=1S/C17H12O9/c18-12(8-3-4-10(13(19)20)11(6-8)14(21)22)9-2-1-5-17(7-9,15(23)24)16(25)26/h1-4,6-7H,5H2,(H,19,20)(H,21,22)(H,23,24)(H,25,26). The van der Waals surface area contributed by atoms with Crippen LogP contribution in [-0.4, -0.2) is 50.1 Å². The van der Waals surface area contributed by atoms with Gasteiger partial charge in [-0.3, -0.25) is 14.4 Å². The summed E-state index contributed by atoms with van der Waals surface area (Å²) in [6.45, 7) is 0. The lowest BCUT2D eigenvalue weighted by molar-refractivity contribution is -0.160. The minimum atomic E-state index is -2.31. The number of carboxylic acids is 4. The zero-order valence-electron chi connectivity index (χ0n) is 13.0. The molecular weight excluding hydrogens is 348 g/mol. The van der Waals surface area contributed by atoms with E-state index in [1.165, 1.54) is 12.2 Å². The highest BCUT2D eigenvalue weighted by Crippen LogP contribution is 2.32. The zero-order chi connectivity index (χ0) is 19.6. The van der Waals surface area contributed by atoms with Crippen LogP contribution in [0.15, 0.2) is 42.0 Å². The monoisotopic (exact) mass is 360 g/mol. The quantitative estimate of drug-likeness (QED) is 0.432. The highest BCUT2D eigenvalue weighted by molar-refractivity contribution is 6.14.